The Balaban J connectivity index is 1.80. The van der Waals surface area contributed by atoms with E-state index in [1.807, 2.05) is 0 Å². The average Bonchev–Trinajstić information content (AvgIpc) is 2.91. The lowest BCUT2D eigenvalue weighted by Gasteiger charge is -2.47. The zero-order chi connectivity index (χ0) is 28.9. The molecular weight excluding hydrogens is 508 g/mol. The molecule has 0 radical (unpaired) electrons. The predicted molar refractivity (Wildman–Crippen MR) is 169 cm³/mol. The normalized spacial score (nSPS) is 26.1. The van der Waals surface area contributed by atoms with Crippen LogP contribution in [0.1, 0.15) is 80.6 Å². The third-order valence-corrected chi connectivity index (χ3v) is 14.4. The van der Waals surface area contributed by atoms with Crippen molar-refractivity contribution < 1.29 is 14.0 Å². The summed E-state index contributed by atoms with van der Waals surface area (Å²) in [7, 11) is -2.68. The minimum absolute atomic E-state index is 0.0630. The van der Waals surface area contributed by atoms with Crippen molar-refractivity contribution in [1.29, 1.82) is 0 Å². The fraction of sp³-hybridized carbons (Fsp3) is 0.528. The first kappa shape index (κ1) is 30.5. The Hall–Kier alpha value is -2.43. The summed E-state index contributed by atoms with van der Waals surface area (Å²) in [6.45, 7) is 15.7. The molecule has 0 fully saturated rings. The third-order valence-electron chi connectivity index (χ3n) is 9.33. The monoisotopic (exact) mass is 558 g/mol. The van der Waals surface area contributed by atoms with Crippen molar-refractivity contribution in [2.24, 2.45) is 23.7 Å². The molecule has 0 aliphatic heterocycles. The number of carbonyl (C=O) groups is 1. The molecule has 0 unspecified atom stereocenters. The van der Waals surface area contributed by atoms with Crippen LogP contribution in [0.5, 0.6) is 0 Å². The van der Waals surface area contributed by atoms with Gasteiger partial charge in [0.2, 0.25) is 0 Å². The maximum atomic E-state index is 12.0. The highest BCUT2D eigenvalue weighted by Gasteiger charge is 2.52. The largest absolute Gasteiger partial charge is 0.462 e. The standard InChI is InChI=1S/C36H50O3Si/c1-26(2)33-23-22-27(3)34-25-30(17-15-14-16-29(24-35(33)34)38-28(4)37)39-40(36(5,6)7,31-18-10-8-11-19-31)32-20-12-9-13-21-32/h8-15,18-22,26,29-30,33-35H,16-17,23-25H2,1-7H3/t29-,30-,33-,34+,35-/m1/s1. The summed E-state index contributed by atoms with van der Waals surface area (Å²) in [5.41, 5.74) is 1.48. The van der Waals surface area contributed by atoms with E-state index < -0.39 is 8.32 Å². The second kappa shape index (κ2) is 13.0. The molecule has 0 saturated heterocycles. The molecule has 5 atom stereocenters. The molecule has 0 N–H and O–H groups in total. The van der Waals surface area contributed by atoms with Gasteiger partial charge in [0.25, 0.3) is 8.32 Å². The first-order chi connectivity index (χ1) is 19.0. The maximum Gasteiger partial charge on any atom is 0.302 e. The van der Waals surface area contributed by atoms with E-state index in [4.69, 9.17) is 9.16 Å². The van der Waals surface area contributed by atoms with Crippen LogP contribution in [0.25, 0.3) is 0 Å². The summed E-state index contributed by atoms with van der Waals surface area (Å²) in [4.78, 5) is 12.0. The van der Waals surface area contributed by atoms with Gasteiger partial charge in [-0.25, -0.2) is 0 Å². The molecule has 0 spiro atoms. The highest BCUT2D eigenvalue weighted by Crippen LogP contribution is 2.46. The molecule has 0 heterocycles. The van der Waals surface area contributed by atoms with Gasteiger partial charge < -0.3 is 9.16 Å². The van der Waals surface area contributed by atoms with Crippen LogP contribution < -0.4 is 10.4 Å². The number of ether oxygens (including phenoxy) is 1. The summed E-state index contributed by atoms with van der Waals surface area (Å²) in [6, 6.07) is 22.0. The van der Waals surface area contributed by atoms with Gasteiger partial charge in [-0.3, -0.25) is 4.79 Å². The summed E-state index contributed by atoms with van der Waals surface area (Å²) < 4.78 is 13.6. The van der Waals surface area contributed by atoms with Crippen molar-refractivity contribution in [1.82, 2.24) is 0 Å². The number of esters is 1. The number of allylic oxidation sites excluding steroid dienone is 2. The quantitative estimate of drug-likeness (QED) is 0.206. The lowest BCUT2D eigenvalue weighted by atomic mass is 9.64. The average molecular weight is 559 g/mol. The minimum atomic E-state index is -2.68. The smallest absolute Gasteiger partial charge is 0.302 e. The van der Waals surface area contributed by atoms with Gasteiger partial charge in [-0.05, 0) is 71.7 Å². The molecule has 0 aromatic heterocycles. The van der Waals surface area contributed by atoms with E-state index in [9.17, 15) is 4.79 Å². The summed E-state index contributed by atoms with van der Waals surface area (Å²) >= 11 is 0. The van der Waals surface area contributed by atoms with E-state index in [0.29, 0.717) is 23.7 Å². The van der Waals surface area contributed by atoms with Crippen LogP contribution >= 0.6 is 0 Å². The molecule has 4 rings (SSSR count). The third kappa shape index (κ3) is 6.71. The molecule has 2 aliphatic rings. The second-order valence-electron chi connectivity index (χ2n) is 13.4. The SMILES string of the molecule is CC(=O)O[C@@H]1CC=CC[C@@H](O[Si](c2ccccc2)(c2ccccc2)C(C)(C)C)C[C@H]2C(C)=CC[C@H](C(C)C)[C@H]2C1. The van der Waals surface area contributed by atoms with Crippen molar-refractivity contribution in [2.45, 2.75) is 97.8 Å². The van der Waals surface area contributed by atoms with E-state index in [-0.39, 0.29) is 23.2 Å². The number of carbonyl (C=O) groups excluding carboxylic acids is 1. The molecule has 3 nitrogen and oxygen atoms in total. The number of rotatable bonds is 6. The van der Waals surface area contributed by atoms with Crippen LogP contribution in [0.4, 0.5) is 0 Å². The van der Waals surface area contributed by atoms with Gasteiger partial charge in [0, 0.05) is 19.4 Å². The number of hydrogen-bond acceptors (Lipinski definition) is 3. The number of benzene rings is 2. The first-order valence-corrected chi connectivity index (χ1v) is 17.2. The molecule has 0 saturated carbocycles. The first-order valence-electron chi connectivity index (χ1n) is 15.3. The molecule has 4 heteroatoms. The molecule has 40 heavy (non-hydrogen) atoms. The van der Waals surface area contributed by atoms with Gasteiger partial charge in [-0.15, -0.1) is 0 Å². The second-order valence-corrected chi connectivity index (χ2v) is 17.7. The fourth-order valence-electron chi connectivity index (χ4n) is 7.39. The topological polar surface area (TPSA) is 35.5 Å². The Labute approximate surface area is 244 Å². The van der Waals surface area contributed by atoms with E-state index >= 15 is 0 Å². The Kier molecular flexibility index (Phi) is 9.95. The molecule has 216 valence electrons. The van der Waals surface area contributed by atoms with E-state index in [1.165, 1.54) is 15.9 Å². The molecule has 2 aromatic carbocycles. The van der Waals surface area contributed by atoms with Gasteiger partial charge in [-0.2, -0.15) is 0 Å². The van der Waals surface area contributed by atoms with Gasteiger partial charge in [0.15, 0.2) is 0 Å². The van der Waals surface area contributed by atoms with Crippen molar-refractivity contribution in [3.63, 3.8) is 0 Å². The number of hydrogen-bond donors (Lipinski definition) is 0. The molecule has 0 amide bonds. The van der Waals surface area contributed by atoms with Crippen LogP contribution in [-0.2, 0) is 14.0 Å². The van der Waals surface area contributed by atoms with Crippen molar-refractivity contribution in [3.8, 4) is 0 Å². The Morgan fingerprint density at radius 2 is 1.40 bits per heavy atom. The van der Waals surface area contributed by atoms with Crippen molar-refractivity contribution >= 4 is 24.7 Å². The fourth-order valence-corrected chi connectivity index (χ4v) is 12.1. The predicted octanol–water partition coefficient (Wildman–Crippen LogP) is 7.85. The molecule has 2 aliphatic carbocycles. The zero-order valence-electron chi connectivity index (χ0n) is 25.7. The van der Waals surface area contributed by atoms with Crippen LogP contribution in [0.2, 0.25) is 5.04 Å². The van der Waals surface area contributed by atoms with Gasteiger partial charge in [0.1, 0.15) is 6.10 Å². The molecule has 0 bridgehead atoms. The zero-order valence-corrected chi connectivity index (χ0v) is 26.7. The van der Waals surface area contributed by atoms with E-state index in [0.717, 1.165) is 32.1 Å². The molecule has 2 aromatic rings. The molecular formula is C36H50O3Si. The Morgan fingerprint density at radius 1 is 0.850 bits per heavy atom. The highest BCUT2D eigenvalue weighted by molar-refractivity contribution is 6.99. The van der Waals surface area contributed by atoms with Gasteiger partial charge >= 0.3 is 5.97 Å². The van der Waals surface area contributed by atoms with Gasteiger partial charge in [0.05, 0.1) is 0 Å². The van der Waals surface area contributed by atoms with E-state index in [1.54, 1.807) is 6.92 Å². The van der Waals surface area contributed by atoms with Crippen molar-refractivity contribution in [3.05, 3.63) is 84.5 Å². The van der Waals surface area contributed by atoms with Crippen LogP contribution in [0.3, 0.4) is 0 Å². The number of fused-ring (bicyclic) bond motifs is 1. The minimum Gasteiger partial charge on any atom is -0.462 e. The highest BCUT2D eigenvalue weighted by atomic mass is 28.4. The lowest BCUT2D eigenvalue weighted by molar-refractivity contribution is -0.147. The summed E-state index contributed by atoms with van der Waals surface area (Å²) in [5.74, 6) is 1.84. The lowest BCUT2D eigenvalue weighted by Crippen LogP contribution is -2.67. The Bertz CT molecular complexity index is 1120. The van der Waals surface area contributed by atoms with Crippen LogP contribution in [0.15, 0.2) is 84.5 Å². The van der Waals surface area contributed by atoms with Crippen LogP contribution in [-0.4, -0.2) is 26.5 Å². The van der Waals surface area contributed by atoms with E-state index in [2.05, 4.69) is 120 Å². The summed E-state index contributed by atoms with van der Waals surface area (Å²) in [5, 5.41) is 2.60. The van der Waals surface area contributed by atoms with Crippen molar-refractivity contribution in [2.75, 3.05) is 0 Å². The maximum absolute atomic E-state index is 12.0. The van der Waals surface area contributed by atoms with Gasteiger partial charge in [-0.1, -0.05) is 119 Å². The summed E-state index contributed by atoms with van der Waals surface area (Å²) in [6.07, 6.45) is 11.6. The van der Waals surface area contributed by atoms with Crippen LogP contribution in [0, 0.1) is 23.7 Å². The Morgan fingerprint density at radius 3 is 1.90 bits per heavy atom.